The average Bonchev–Trinajstić information content (AvgIpc) is 2.64. The SMILES string of the molecule is CC(C)C(=O)N1CCC[C@@H](C(=O)OCCNc2ncccc2C#N)C1. The van der Waals surface area contributed by atoms with Gasteiger partial charge in [-0.15, -0.1) is 0 Å². The summed E-state index contributed by atoms with van der Waals surface area (Å²) in [6.45, 7) is 5.43. The van der Waals surface area contributed by atoms with Crippen LogP contribution in [-0.4, -0.2) is 48.0 Å². The van der Waals surface area contributed by atoms with E-state index in [-0.39, 0.29) is 30.3 Å². The number of pyridine rings is 1. The number of likely N-dealkylation sites (tertiary alicyclic amines) is 1. The van der Waals surface area contributed by atoms with Crippen molar-refractivity contribution in [3.63, 3.8) is 0 Å². The summed E-state index contributed by atoms with van der Waals surface area (Å²) in [6, 6.07) is 5.41. The van der Waals surface area contributed by atoms with Crippen molar-refractivity contribution in [3.05, 3.63) is 23.9 Å². The van der Waals surface area contributed by atoms with Gasteiger partial charge in [-0.3, -0.25) is 9.59 Å². The van der Waals surface area contributed by atoms with Gasteiger partial charge in [0.2, 0.25) is 5.91 Å². The number of carbonyl (C=O) groups excluding carboxylic acids is 2. The first kappa shape index (κ1) is 18.7. The van der Waals surface area contributed by atoms with Crippen LogP contribution in [0.15, 0.2) is 18.3 Å². The Bertz CT molecular complexity index is 654. The summed E-state index contributed by atoms with van der Waals surface area (Å²) >= 11 is 0. The van der Waals surface area contributed by atoms with Gasteiger partial charge in [0, 0.05) is 25.2 Å². The molecule has 0 aliphatic carbocycles. The second-order valence-corrected chi connectivity index (χ2v) is 6.38. The molecule has 7 nitrogen and oxygen atoms in total. The Morgan fingerprint density at radius 1 is 1.52 bits per heavy atom. The number of carbonyl (C=O) groups is 2. The number of nitrogens with zero attached hydrogens (tertiary/aromatic N) is 3. The van der Waals surface area contributed by atoms with E-state index < -0.39 is 0 Å². The smallest absolute Gasteiger partial charge is 0.310 e. The van der Waals surface area contributed by atoms with Gasteiger partial charge < -0.3 is 15.0 Å². The molecule has 0 unspecified atom stereocenters. The zero-order valence-corrected chi connectivity index (χ0v) is 14.7. The number of aromatic nitrogens is 1. The molecule has 0 spiro atoms. The number of rotatable bonds is 6. The first-order chi connectivity index (χ1) is 12.0. The molecular formula is C18H24N4O3. The van der Waals surface area contributed by atoms with Crippen LogP contribution in [0.3, 0.4) is 0 Å². The maximum absolute atomic E-state index is 12.2. The van der Waals surface area contributed by atoms with Crippen LogP contribution < -0.4 is 5.32 Å². The van der Waals surface area contributed by atoms with E-state index in [1.807, 2.05) is 13.8 Å². The summed E-state index contributed by atoms with van der Waals surface area (Å²) in [5, 5.41) is 12.0. The highest BCUT2D eigenvalue weighted by Gasteiger charge is 2.30. The Morgan fingerprint density at radius 2 is 2.32 bits per heavy atom. The molecule has 1 atom stereocenters. The van der Waals surface area contributed by atoms with Crippen molar-refractivity contribution in [1.29, 1.82) is 5.26 Å². The minimum Gasteiger partial charge on any atom is -0.464 e. The summed E-state index contributed by atoms with van der Waals surface area (Å²) in [4.78, 5) is 30.1. The molecule has 0 bridgehead atoms. The second-order valence-electron chi connectivity index (χ2n) is 6.38. The van der Waals surface area contributed by atoms with E-state index in [4.69, 9.17) is 10.00 Å². The van der Waals surface area contributed by atoms with E-state index >= 15 is 0 Å². The molecule has 1 aromatic heterocycles. The van der Waals surface area contributed by atoms with Crippen LogP contribution in [0.5, 0.6) is 0 Å². The Morgan fingerprint density at radius 3 is 3.04 bits per heavy atom. The van der Waals surface area contributed by atoms with E-state index in [9.17, 15) is 9.59 Å². The van der Waals surface area contributed by atoms with Crippen LogP contribution in [-0.2, 0) is 14.3 Å². The number of hydrogen-bond acceptors (Lipinski definition) is 6. The van der Waals surface area contributed by atoms with E-state index in [1.165, 1.54) is 0 Å². The minimum atomic E-state index is -0.274. The third kappa shape index (κ3) is 5.18. The van der Waals surface area contributed by atoms with Gasteiger partial charge in [0.05, 0.1) is 18.0 Å². The first-order valence-corrected chi connectivity index (χ1v) is 8.57. The molecule has 134 valence electrons. The van der Waals surface area contributed by atoms with Crippen LogP contribution in [0, 0.1) is 23.2 Å². The number of anilines is 1. The van der Waals surface area contributed by atoms with Gasteiger partial charge in [0.25, 0.3) is 0 Å². The third-order valence-corrected chi connectivity index (χ3v) is 4.13. The summed E-state index contributed by atoms with van der Waals surface area (Å²) in [6.07, 6.45) is 3.15. The van der Waals surface area contributed by atoms with Gasteiger partial charge in [-0.25, -0.2) is 4.98 Å². The van der Waals surface area contributed by atoms with Gasteiger partial charge in [-0.2, -0.15) is 5.26 Å². The van der Waals surface area contributed by atoms with Crippen LogP contribution in [0.25, 0.3) is 0 Å². The normalized spacial score (nSPS) is 17.0. The zero-order chi connectivity index (χ0) is 18.2. The molecule has 1 amide bonds. The molecule has 1 saturated heterocycles. The Hall–Kier alpha value is -2.62. The number of hydrogen-bond donors (Lipinski definition) is 1. The fourth-order valence-corrected chi connectivity index (χ4v) is 2.81. The molecule has 1 fully saturated rings. The fraction of sp³-hybridized carbons (Fsp3) is 0.556. The van der Waals surface area contributed by atoms with Crippen molar-refractivity contribution in [3.8, 4) is 6.07 Å². The maximum atomic E-state index is 12.2. The van der Waals surface area contributed by atoms with Crippen molar-refractivity contribution in [1.82, 2.24) is 9.88 Å². The minimum absolute atomic E-state index is 0.0633. The van der Waals surface area contributed by atoms with Crippen molar-refractivity contribution in [2.24, 2.45) is 11.8 Å². The number of amides is 1. The Labute approximate surface area is 148 Å². The number of nitriles is 1. The van der Waals surface area contributed by atoms with Gasteiger partial charge in [-0.05, 0) is 25.0 Å². The average molecular weight is 344 g/mol. The lowest BCUT2D eigenvalue weighted by molar-refractivity contribution is -0.151. The zero-order valence-electron chi connectivity index (χ0n) is 14.7. The van der Waals surface area contributed by atoms with E-state index in [0.717, 1.165) is 12.8 Å². The number of ether oxygens (including phenoxy) is 1. The molecule has 1 aromatic rings. The largest absolute Gasteiger partial charge is 0.464 e. The molecular weight excluding hydrogens is 320 g/mol. The summed E-state index contributed by atoms with van der Waals surface area (Å²) in [7, 11) is 0. The van der Waals surface area contributed by atoms with Gasteiger partial charge >= 0.3 is 5.97 Å². The van der Waals surface area contributed by atoms with Crippen molar-refractivity contribution < 1.29 is 14.3 Å². The molecule has 1 N–H and O–H groups in total. The standard InChI is InChI=1S/C18H24N4O3/c1-13(2)17(23)22-9-4-6-15(12-22)18(24)25-10-8-21-16-14(11-19)5-3-7-20-16/h3,5,7,13,15H,4,6,8-10,12H2,1-2H3,(H,20,21)/t15-/m1/s1. The first-order valence-electron chi connectivity index (χ1n) is 8.57. The van der Waals surface area contributed by atoms with Crippen LogP contribution in [0.2, 0.25) is 0 Å². The number of piperidine rings is 1. The molecule has 0 aromatic carbocycles. The summed E-state index contributed by atoms with van der Waals surface area (Å²) in [5.74, 6) is -0.0389. The number of nitrogens with one attached hydrogen (secondary N) is 1. The van der Waals surface area contributed by atoms with Gasteiger partial charge in [0.15, 0.2) is 0 Å². The quantitative estimate of drug-likeness (QED) is 0.624. The molecule has 7 heteroatoms. The highest BCUT2D eigenvalue weighted by Crippen LogP contribution is 2.19. The molecule has 2 rings (SSSR count). The lowest BCUT2D eigenvalue weighted by Crippen LogP contribution is -2.44. The molecule has 1 aliphatic rings. The predicted molar refractivity (Wildman–Crippen MR) is 92.5 cm³/mol. The fourth-order valence-electron chi connectivity index (χ4n) is 2.81. The van der Waals surface area contributed by atoms with Crippen LogP contribution in [0.4, 0.5) is 5.82 Å². The third-order valence-electron chi connectivity index (χ3n) is 4.13. The van der Waals surface area contributed by atoms with Crippen LogP contribution >= 0.6 is 0 Å². The summed E-state index contributed by atoms with van der Waals surface area (Å²) < 4.78 is 5.32. The maximum Gasteiger partial charge on any atom is 0.310 e. The van der Waals surface area contributed by atoms with Gasteiger partial charge in [0.1, 0.15) is 18.5 Å². The van der Waals surface area contributed by atoms with Crippen molar-refractivity contribution >= 4 is 17.7 Å². The lowest BCUT2D eigenvalue weighted by atomic mass is 9.97. The Balaban J connectivity index is 1.76. The molecule has 1 aliphatic heterocycles. The molecule has 0 saturated carbocycles. The molecule has 25 heavy (non-hydrogen) atoms. The molecule has 2 heterocycles. The van der Waals surface area contributed by atoms with Crippen LogP contribution in [0.1, 0.15) is 32.3 Å². The monoisotopic (exact) mass is 344 g/mol. The Kier molecular flexibility index (Phi) is 6.75. The van der Waals surface area contributed by atoms with E-state index in [0.29, 0.717) is 31.0 Å². The predicted octanol–water partition coefficient (Wildman–Crippen LogP) is 1.80. The number of esters is 1. The molecule has 0 radical (unpaired) electrons. The van der Waals surface area contributed by atoms with Gasteiger partial charge in [-0.1, -0.05) is 13.8 Å². The highest BCUT2D eigenvalue weighted by molar-refractivity contribution is 5.80. The highest BCUT2D eigenvalue weighted by atomic mass is 16.5. The van der Waals surface area contributed by atoms with Crippen molar-refractivity contribution in [2.45, 2.75) is 26.7 Å². The van der Waals surface area contributed by atoms with Crippen molar-refractivity contribution in [2.75, 3.05) is 31.6 Å². The van der Waals surface area contributed by atoms with E-state index in [1.54, 1.807) is 23.2 Å². The summed E-state index contributed by atoms with van der Waals surface area (Å²) in [5.41, 5.74) is 0.448. The lowest BCUT2D eigenvalue weighted by Gasteiger charge is -2.32. The van der Waals surface area contributed by atoms with E-state index in [2.05, 4.69) is 16.4 Å². The topological polar surface area (TPSA) is 95.3 Å². The second kappa shape index (κ2) is 9.02.